The van der Waals surface area contributed by atoms with Crippen LogP contribution < -0.4 is 5.73 Å². The van der Waals surface area contributed by atoms with Gasteiger partial charge in [0.15, 0.2) is 0 Å². The second-order valence-corrected chi connectivity index (χ2v) is 3.70. The Kier molecular flexibility index (Phi) is 2.88. The zero-order valence-electron chi connectivity index (χ0n) is 8.93. The van der Waals surface area contributed by atoms with Crippen molar-refractivity contribution < 1.29 is 0 Å². The van der Waals surface area contributed by atoms with Crippen molar-refractivity contribution >= 4 is 0 Å². The second-order valence-electron chi connectivity index (χ2n) is 3.70. The van der Waals surface area contributed by atoms with E-state index in [1.165, 1.54) is 11.3 Å². The highest BCUT2D eigenvalue weighted by atomic mass is 15.0. The number of nitrogens with two attached hydrogens (primary N) is 1. The molecule has 0 radical (unpaired) electrons. The summed E-state index contributed by atoms with van der Waals surface area (Å²) >= 11 is 0. The Labute approximate surface area is 90.3 Å². The average molecular weight is 200 g/mol. The Morgan fingerprint density at radius 1 is 1.13 bits per heavy atom. The first-order chi connectivity index (χ1) is 7.33. The predicted octanol–water partition coefficient (Wildman–Crippen LogP) is 2.56. The van der Waals surface area contributed by atoms with Crippen LogP contribution in [0.3, 0.4) is 0 Å². The number of hydrogen-bond donors (Lipinski definition) is 1. The summed E-state index contributed by atoms with van der Waals surface area (Å²) in [5.74, 6) is 0. The average Bonchev–Trinajstić information content (AvgIpc) is 2.77. The number of benzene rings is 1. The van der Waals surface area contributed by atoms with Crippen molar-refractivity contribution in [1.29, 1.82) is 0 Å². The Hall–Kier alpha value is -1.54. The Morgan fingerprint density at radius 3 is 2.53 bits per heavy atom. The fourth-order valence-corrected chi connectivity index (χ4v) is 1.87. The van der Waals surface area contributed by atoms with E-state index in [0.29, 0.717) is 12.6 Å². The van der Waals surface area contributed by atoms with Gasteiger partial charge in [-0.1, -0.05) is 30.3 Å². The topological polar surface area (TPSA) is 30.9 Å². The van der Waals surface area contributed by atoms with Gasteiger partial charge in [-0.2, -0.15) is 0 Å². The molecule has 0 saturated heterocycles. The highest BCUT2D eigenvalue weighted by molar-refractivity contribution is 5.21. The van der Waals surface area contributed by atoms with E-state index in [1.807, 2.05) is 12.1 Å². The van der Waals surface area contributed by atoms with E-state index in [4.69, 9.17) is 5.73 Å². The summed E-state index contributed by atoms with van der Waals surface area (Å²) in [4.78, 5) is 0. The van der Waals surface area contributed by atoms with Crippen LogP contribution in [-0.4, -0.2) is 4.57 Å². The first kappa shape index (κ1) is 9.99. The molecular weight excluding hydrogens is 184 g/mol. The fourth-order valence-electron chi connectivity index (χ4n) is 1.87. The molecule has 0 aliphatic carbocycles. The normalized spacial score (nSPS) is 12.7. The molecule has 1 aromatic heterocycles. The minimum Gasteiger partial charge on any atom is -0.343 e. The lowest BCUT2D eigenvalue weighted by Crippen LogP contribution is -2.11. The second kappa shape index (κ2) is 4.32. The summed E-state index contributed by atoms with van der Waals surface area (Å²) in [5.41, 5.74) is 8.17. The van der Waals surface area contributed by atoms with Gasteiger partial charge in [-0.3, -0.25) is 0 Å². The van der Waals surface area contributed by atoms with Gasteiger partial charge in [0.2, 0.25) is 0 Å². The summed E-state index contributed by atoms with van der Waals surface area (Å²) < 4.78 is 2.22. The SMILES string of the molecule is C[C@H](c1ccccc1)n1cccc1CN. The maximum atomic E-state index is 5.69. The highest BCUT2D eigenvalue weighted by Crippen LogP contribution is 2.19. The van der Waals surface area contributed by atoms with Crippen LogP contribution in [0.5, 0.6) is 0 Å². The van der Waals surface area contributed by atoms with Gasteiger partial charge in [-0.05, 0) is 24.6 Å². The van der Waals surface area contributed by atoms with E-state index in [-0.39, 0.29) is 0 Å². The number of aromatic nitrogens is 1. The minimum absolute atomic E-state index is 0.347. The van der Waals surface area contributed by atoms with Crippen molar-refractivity contribution in [2.45, 2.75) is 19.5 Å². The number of rotatable bonds is 3. The Morgan fingerprint density at radius 2 is 1.87 bits per heavy atom. The number of hydrogen-bond acceptors (Lipinski definition) is 1. The molecule has 15 heavy (non-hydrogen) atoms. The van der Waals surface area contributed by atoms with Gasteiger partial charge in [-0.25, -0.2) is 0 Å². The number of nitrogens with zero attached hydrogens (tertiary/aromatic N) is 1. The smallest absolute Gasteiger partial charge is 0.0555 e. The van der Waals surface area contributed by atoms with Crippen molar-refractivity contribution in [2.24, 2.45) is 5.73 Å². The van der Waals surface area contributed by atoms with E-state index in [1.54, 1.807) is 0 Å². The first-order valence-electron chi connectivity index (χ1n) is 5.23. The maximum absolute atomic E-state index is 5.69. The Bertz CT molecular complexity index is 417. The van der Waals surface area contributed by atoms with Gasteiger partial charge in [-0.15, -0.1) is 0 Å². The van der Waals surface area contributed by atoms with Crippen LogP contribution >= 0.6 is 0 Å². The van der Waals surface area contributed by atoms with Gasteiger partial charge in [0.05, 0.1) is 6.04 Å². The van der Waals surface area contributed by atoms with E-state index in [9.17, 15) is 0 Å². The molecule has 78 valence electrons. The summed E-state index contributed by atoms with van der Waals surface area (Å²) in [6, 6.07) is 14.9. The maximum Gasteiger partial charge on any atom is 0.0555 e. The van der Waals surface area contributed by atoms with Crippen LogP contribution in [0.25, 0.3) is 0 Å². The molecule has 0 saturated carbocycles. The van der Waals surface area contributed by atoms with E-state index in [2.05, 4.69) is 48.0 Å². The summed E-state index contributed by atoms with van der Waals surface area (Å²) in [6.07, 6.45) is 2.08. The third kappa shape index (κ3) is 1.95. The van der Waals surface area contributed by atoms with Crippen LogP contribution in [0, 0.1) is 0 Å². The van der Waals surface area contributed by atoms with Crippen LogP contribution in [0.15, 0.2) is 48.7 Å². The summed E-state index contributed by atoms with van der Waals surface area (Å²) in [6.45, 7) is 2.78. The largest absolute Gasteiger partial charge is 0.343 e. The van der Waals surface area contributed by atoms with E-state index >= 15 is 0 Å². The molecule has 0 fully saturated rings. The third-order valence-electron chi connectivity index (χ3n) is 2.78. The molecule has 0 unspecified atom stereocenters. The van der Waals surface area contributed by atoms with Gasteiger partial charge in [0.25, 0.3) is 0 Å². The minimum atomic E-state index is 0.347. The molecule has 2 nitrogen and oxygen atoms in total. The van der Waals surface area contributed by atoms with Gasteiger partial charge in [0, 0.05) is 18.4 Å². The zero-order valence-corrected chi connectivity index (χ0v) is 8.93. The molecule has 1 atom stereocenters. The van der Waals surface area contributed by atoms with Gasteiger partial charge < -0.3 is 10.3 Å². The van der Waals surface area contributed by atoms with Gasteiger partial charge >= 0.3 is 0 Å². The molecule has 2 heteroatoms. The lowest BCUT2D eigenvalue weighted by molar-refractivity contribution is 0.612. The van der Waals surface area contributed by atoms with Crippen LogP contribution in [0.1, 0.15) is 24.2 Å². The summed E-state index contributed by atoms with van der Waals surface area (Å²) in [5, 5.41) is 0. The molecular formula is C13H16N2. The fraction of sp³-hybridized carbons (Fsp3) is 0.231. The molecule has 2 aromatic rings. The van der Waals surface area contributed by atoms with Crippen molar-refractivity contribution in [3.63, 3.8) is 0 Å². The molecule has 1 heterocycles. The Balaban J connectivity index is 2.32. The molecule has 0 amide bonds. The lowest BCUT2D eigenvalue weighted by Gasteiger charge is -2.17. The van der Waals surface area contributed by atoms with Crippen molar-refractivity contribution in [2.75, 3.05) is 0 Å². The van der Waals surface area contributed by atoms with Crippen molar-refractivity contribution in [3.05, 3.63) is 59.9 Å². The highest BCUT2D eigenvalue weighted by Gasteiger charge is 2.08. The quantitative estimate of drug-likeness (QED) is 0.811. The standard InChI is InChI=1S/C13H16N2/c1-11(12-6-3-2-4-7-12)15-9-5-8-13(15)10-14/h2-9,11H,10,14H2,1H3/t11-/m1/s1. The van der Waals surface area contributed by atoms with Gasteiger partial charge in [0.1, 0.15) is 0 Å². The van der Waals surface area contributed by atoms with E-state index < -0.39 is 0 Å². The van der Waals surface area contributed by atoms with E-state index in [0.717, 1.165) is 0 Å². The van der Waals surface area contributed by atoms with Crippen LogP contribution in [-0.2, 0) is 6.54 Å². The molecule has 0 aliphatic rings. The molecule has 1 aromatic carbocycles. The third-order valence-corrected chi connectivity index (χ3v) is 2.78. The zero-order chi connectivity index (χ0) is 10.7. The predicted molar refractivity (Wildman–Crippen MR) is 62.6 cm³/mol. The first-order valence-corrected chi connectivity index (χ1v) is 5.23. The molecule has 0 aliphatic heterocycles. The lowest BCUT2D eigenvalue weighted by atomic mass is 10.1. The van der Waals surface area contributed by atoms with Crippen molar-refractivity contribution in [1.82, 2.24) is 4.57 Å². The van der Waals surface area contributed by atoms with Crippen LogP contribution in [0.4, 0.5) is 0 Å². The molecule has 0 bridgehead atoms. The summed E-state index contributed by atoms with van der Waals surface area (Å²) in [7, 11) is 0. The molecule has 0 spiro atoms. The monoisotopic (exact) mass is 200 g/mol. The van der Waals surface area contributed by atoms with Crippen LogP contribution in [0.2, 0.25) is 0 Å². The van der Waals surface area contributed by atoms with Crippen molar-refractivity contribution in [3.8, 4) is 0 Å². The molecule has 2 rings (SSSR count). The molecule has 2 N–H and O–H groups in total.